The summed E-state index contributed by atoms with van der Waals surface area (Å²) >= 11 is 1.57. The molecule has 0 spiro atoms. The summed E-state index contributed by atoms with van der Waals surface area (Å²) in [6.45, 7) is 4.09. The molecule has 4 nitrogen and oxygen atoms in total. The first-order valence-electron chi connectivity index (χ1n) is 8.83. The van der Waals surface area contributed by atoms with Crippen molar-refractivity contribution in [2.75, 3.05) is 5.32 Å². The van der Waals surface area contributed by atoms with E-state index in [-0.39, 0.29) is 17.7 Å². The molecule has 1 aliphatic carbocycles. The maximum atomic E-state index is 12.5. The summed E-state index contributed by atoms with van der Waals surface area (Å²) in [6, 6.07) is 12.5. The number of carbonyl (C=O) groups excluding carboxylic acids is 1. The largest absolute Gasteiger partial charge is 0.302 e. The van der Waals surface area contributed by atoms with Gasteiger partial charge in [-0.15, -0.1) is 11.3 Å². The Morgan fingerprint density at radius 1 is 1.23 bits per heavy atom. The smallest absolute Gasteiger partial charge is 0.229 e. The van der Waals surface area contributed by atoms with Gasteiger partial charge in [0.2, 0.25) is 5.91 Å². The van der Waals surface area contributed by atoms with E-state index in [4.69, 9.17) is 0 Å². The van der Waals surface area contributed by atoms with Crippen LogP contribution < -0.4 is 5.32 Å². The van der Waals surface area contributed by atoms with Crippen LogP contribution in [0.2, 0.25) is 0 Å². The van der Waals surface area contributed by atoms with Gasteiger partial charge in [0, 0.05) is 29.6 Å². The molecule has 2 unspecified atom stereocenters. The zero-order valence-electron chi connectivity index (χ0n) is 14.9. The normalized spacial score (nSPS) is 18.5. The number of hydrogen-bond acceptors (Lipinski definition) is 4. The Labute approximate surface area is 157 Å². The number of benzene rings is 1. The summed E-state index contributed by atoms with van der Waals surface area (Å²) in [4.78, 5) is 22.4. The molecule has 132 valence electrons. The van der Waals surface area contributed by atoms with Crippen molar-refractivity contribution in [2.24, 2.45) is 5.92 Å². The third-order valence-electron chi connectivity index (χ3n) is 4.85. The van der Waals surface area contributed by atoms with Crippen molar-refractivity contribution in [2.45, 2.75) is 32.6 Å². The molecular formula is C21H21N3OS. The number of aromatic nitrogens is 2. The lowest BCUT2D eigenvalue weighted by molar-refractivity contribution is -0.117. The fraction of sp³-hybridized carbons (Fsp3) is 0.286. The number of pyridine rings is 1. The second kappa shape index (κ2) is 7.00. The molecule has 0 radical (unpaired) electrons. The van der Waals surface area contributed by atoms with Gasteiger partial charge in [-0.05, 0) is 43.4 Å². The standard InChI is InChI=1S/C21H21N3OS/c1-13-5-7-15(8-6-13)10-19-14(2)23-21(26-19)24-20(25)18-11-17(18)16-4-3-9-22-12-16/h3-9,12,17-18H,10-11H2,1-2H3,(H,23,24,25). The first kappa shape index (κ1) is 16.9. The van der Waals surface area contributed by atoms with E-state index in [0.717, 1.165) is 24.1 Å². The number of aryl methyl sites for hydroxylation is 2. The van der Waals surface area contributed by atoms with Crippen LogP contribution in [-0.4, -0.2) is 15.9 Å². The molecule has 4 rings (SSSR count). The van der Waals surface area contributed by atoms with Crippen LogP contribution in [0.1, 0.15) is 39.6 Å². The van der Waals surface area contributed by atoms with Crippen LogP contribution in [0.5, 0.6) is 0 Å². The molecule has 26 heavy (non-hydrogen) atoms. The zero-order valence-corrected chi connectivity index (χ0v) is 15.7. The van der Waals surface area contributed by atoms with E-state index in [1.165, 1.54) is 16.0 Å². The Balaban J connectivity index is 1.40. The number of nitrogens with zero attached hydrogens (tertiary/aromatic N) is 2. The van der Waals surface area contributed by atoms with Crippen molar-refractivity contribution in [1.82, 2.24) is 9.97 Å². The van der Waals surface area contributed by atoms with Crippen LogP contribution in [0.25, 0.3) is 0 Å². The maximum absolute atomic E-state index is 12.5. The number of amides is 1. The summed E-state index contributed by atoms with van der Waals surface area (Å²) in [6.07, 6.45) is 5.35. The van der Waals surface area contributed by atoms with Crippen LogP contribution in [0.3, 0.4) is 0 Å². The Morgan fingerprint density at radius 3 is 2.77 bits per heavy atom. The predicted octanol–water partition coefficient (Wildman–Crippen LogP) is 4.49. The van der Waals surface area contributed by atoms with E-state index in [1.807, 2.05) is 25.3 Å². The van der Waals surface area contributed by atoms with Gasteiger partial charge < -0.3 is 5.32 Å². The van der Waals surface area contributed by atoms with Gasteiger partial charge in [-0.3, -0.25) is 9.78 Å². The van der Waals surface area contributed by atoms with Crippen LogP contribution >= 0.6 is 11.3 Å². The molecule has 1 saturated carbocycles. The molecule has 1 amide bonds. The Hall–Kier alpha value is -2.53. The van der Waals surface area contributed by atoms with Crippen LogP contribution in [0, 0.1) is 19.8 Å². The van der Waals surface area contributed by atoms with Crippen LogP contribution in [0.4, 0.5) is 5.13 Å². The molecule has 0 aliphatic heterocycles. The van der Waals surface area contributed by atoms with Gasteiger partial charge in [0.25, 0.3) is 0 Å². The molecule has 2 aromatic heterocycles. The molecule has 1 N–H and O–H groups in total. The highest BCUT2D eigenvalue weighted by atomic mass is 32.1. The summed E-state index contributed by atoms with van der Waals surface area (Å²) in [5.74, 6) is 0.384. The van der Waals surface area contributed by atoms with Crippen LogP contribution in [0.15, 0.2) is 48.8 Å². The van der Waals surface area contributed by atoms with Crippen molar-refractivity contribution in [1.29, 1.82) is 0 Å². The van der Waals surface area contributed by atoms with Crippen molar-refractivity contribution in [3.05, 3.63) is 76.1 Å². The molecule has 2 atom stereocenters. The molecule has 5 heteroatoms. The van der Waals surface area contributed by atoms with Crippen molar-refractivity contribution in [3.8, 4) is 0 Å². The molecule has 1 aromatic carbocycles. The number of carbonyl (C=O) groups is 1. The highest BCUT2D eigenvalue weighted by Crippen LogP contribution is 2.47. The van der Waals surface area contributed by atoms with Gasteiger partial charge in [-0.1, -0.05) is 35.9 Å². The average molecular weight is 363 g/mol. The minimum atomic E-state index is 0.0314. The second-order valence-corrected chi connectivity index (χ2v) is 8.00. The van der Waals surface area contributed by atoms with E-state index in [9.17, 15) is 4.79 Å². The molecule has 3 aromatic rings. The van der Waals surface area contributed by atoms with Crippen LogP contribution in [-0.2, 0) is 11.2 Å². The van der Waals surface area contributed by atoms with E-state index in [0.29, 0.717) is 5.13 Å². The summed E-state index contributed by atoms with van der Waals surface area (Å²) in [7, 11) is 0. The Bertz CT molecular complexity index is 918. The van der Waals surface area contributed by atoms with Gasteiger partial charge in [0.1, 0.15) is 0 Å². The summed E-state index contributed by atoms with van der Waals surface area (Å²) < 4.78 is 0. The average Bonchev–Trinajstić information content (AvgIpc) is 3.38. The highest BCUT2D eigenvalue weighted by molar-refractivity contribution is 7.15. The Morgan fingerprint density at radius 2 is 2.04 bits per heavy atom. The van der Waals surface area contributed by atoms with Gasteiger partial charge >= 0.3 is 0 Å². The second-order valence-electron chi connectivity index (χ2n) is 6.91. The third kappa shape index (κ3) is 3.68. The molecular weight excluding hydrogens is 342 g/mol. The SMILES string of the molecule is Cc1ccc(Cc2sc(NC(=O)C3CC3c3cccnc3)nc2C)cc1. The first-order valence-corrected chi connectivity index (χ1v) is 9.64. The van der Waals surface area contributed by atoms with Gasteiger partial charge in [0.05, 0.1) is 5.69 Å². The number of thiazole rings is 1. The van der Waals surface area contributed by atoms with Crippen molar-refractivity contribution in [3.63, 3.8) is 0 Å². The lowest BCUT2D eigenvalue weighted by Gasteiger charge is -2.01. The first-order chi connectivity index (χ1) is 12.6. The maximum Gasteiger partial charge on any atom is 0.229 e. The minimum absolute atomic E-state index is 0.0314. The van der Waals surface area contributed by atoms with Gasteiger partial charge in [0.15, 0.2) is 5.13 Å². The fourth-order valence-corrected chi connectivity index (χ4v) is 4.18. The summed E-state index contributed by atoms with van der Waals surface area (Å²) in [5.41, 5.74) is 4.66. The van der Waals surface area contributed by atoms with Crippen molar-refractivity contribution < 1.29 is 4.79 Å². The van der Waals surface area contributed by atoms with E-state index >= 15 is 0 Å². The molecule has 1 fully saturated rings. The topological polar surface area (TPSA) is 54.9 Å². The summed E-state index contributed by atoms with van der Waals surface area (Å²) in [5, 5.41) is 3.71. The predicted molar refractivity (Wildman–Crippen MR) is 105 cm³/mol. The van der Waals surface area contributed by atoms with E-state index in [1.54, 1.807) is 17.5 Å². The van der Waals surface area contributed by atoms with Gasteiger partial charge in [-0.25, -0.2) is 4.98 Å². The molecule has 0 saturated heterocycles. The lowest BCUT2D eigenvalue weighted by atomic mass is 10.1. The Kier molecular flexibility index (Phi) is 4.55. The molecule has 0 bridgehead atoms. The number of nitrogens with one attached hydrogen (secondary N) is 1. The number of hydrogen-bond donors (Lipinski definition) is 1. The molecule has 1 aliphatic rings. The molecule has 2 heterocycles. The fourth-order valence-electron chi connectivity index (χ4n) is 3.18. The lowest BCUT2D eigenvalue weighted by Crippen LogP contribution is -2.14. The van der Waals surface area contributed by atoms with Gasteiger partial charge in [-0.2, -0.15) is 0 Å². The zero-order chi connectivity index (χ0) is 18.1. The minimum Gasteiger partial charge on any atom is -0.302 e. The quantitative estimate of drug-likeness (QED) is 0.727. The monoisotopic (exact) mass is 363 g/mol. The van der Waals surface area contributed by atoms with E-state index in [2.05, 4.69) is 46.5 Å². The highest BCUT2D eigenvalue weighted by Gasteiger charge is 2.44. The van der Waals surface area contributed by atoms with Crippen molar-refractivity contribution >= 4 is 22.4 Å². The van der Waals surface area contributed by atoms with E-state index < -0.39 is 0 Å². The number of anilines is 1. The third-order valence-corrected chi connectivity index (χ3v) is 5.92. The number of rotatable bonds is 5.